The van der Waals surface area contributed by atoms with Crippen LogP contribution in [0.2, 0.25) is 0 Å². The first kappa shape index (κ1) is 13.4. The molecule has 1 aliphatic heterocycles. The van der Waals surface area contributed by atoms with Crippen molar-refractivity contribution in [3.8, 4) is 0 Å². The van der Waals surface area contributed by atoms with Gasteiger partial charge in [0, 0.05) is 25.2 Å². The lowest BCUT2D eigenvalue weighted by molar-refractivity contribution is -0.384. The predicted octanol–water partition coefficient (Wildman–Crippen LogP) is -0.616. The quantitative estimate of drug-likeness (QED) is 0.581. The second-order valence-electron chi connectivity index (χ2n) is 4.02. The lowest BCUT2D eigenvalue weighted by atomic mass is 10.3. The Morgan fingerprint density at radius 3 is 2.74 bits per heavy atom. The van der Waals surface area contributed by atoms with E-state index in [1.54, 1.807) is 0 Å². The Balaban J connectivity index is 2.39. The molecule has 2 N–H and O–H groups in total. The third-order valence-electron chi connectivity index (χ3n) is 2.77. The number of nitro groups is 1. The molecule has 1 aliphatic rings. The van der Waals surface area contributed by atoms with Crippen molar-refractivity contribution in [2.45, 2.75) is 11.7 Å². The Hall–Kier alpha value is -2.07. The molecule has 0 bridgehead atoms. The van der Waals surface area contributed by atoms with Crippen LogP contribution in [0.4, 0.5) is 11.5 Å². The van der Waals surface area contributed by atoms with Gasteiger partial charge in [-0.1, -0.05) is 0 Å². The number of carbonyl (C=O) groups excluding carboxylic acids is 1. The van der Waals surface area contributed by atoms with E-state index in [-0.39, 0.29) is 24.5 Å². The van der Waals surface area contributed by atoms with Gasteiger partial charge < -0.3 is 0 Å². The van der Waals surface area contributed by atoms with Crippen molar-refractivity contribution >= 4 is 27.4 Å². The zero-order chi connectivity index (χ0) is 14.2. The number of rotatable bonds is 3. The molecule has 1 fully saturated rings. The normalized spacial score (nSPS) is 19.7. The Morgan fingerprint density at radius 2 is 2.21 bits per heavy atom. The fourth-order valence-electron chi connectivity index (χ4n) is 1.84. The summed E-state index contributed by atoms with van der Waals surface area (Å²) in [4.78, 5) is 26.7. The van der Waals surface area contributed by atoms with Crippen molar-refractivity contribution in [1.29, 1.82) is 0 Å². The average Bonchev–Trinajstić information content (AvgIpc) is 2.71. The van der Waals surface area contributed by atoms with E-state index in [1.165, 1.54) is 18.3 Å². The highest BCUT2D eigenvalue weighted by molar-refractivity contribution is 7.89. The van der Waals surface area contributed by atoms with Gasteiger partial charge in [-0.15, -0.1) is 0 Å². The van der Waals surface area contributed by atoms with Crippen LogP contribution in [0.1, 0.15) is 6.42 Å². The van der Waals surface area contributed by atoms with E-state index in [9.17, 15) is 23.3 Å². The van der Waals surface area contributed by atoms with E-state index in [0.29, 0.717) is 0 Å². The lowest BCUT2D eigenvalue weighted by Gasteiger charge is -2.14. The van der Waals surface area contributed by atoms with Gasteiger partial charge in [-0.05, 0) is 6.07 Å². The predicted molar refractivity (Wildman–Crippen MR) is 64.8 cm³/mol. The molecular weight excluding hydrogens is 276 g/mol. The van der Waals surface area contributed by atoms with Crippen LogP contribution >= 0.6 is 0 Å². The molecule has 1 amide bonds. The van der Waals surface area contributed by atoms with Gasteiger partial charge in [-0.3, -0.25) is 19.8 Å². The van der Waals surface area contributed by atoms with Crippen LogP contribution in [0.25, 0.3) is 0 Å². The van der Waals surface area contributed by atoms with Crippen molar-refractivity contribution in [1.82, 2.24) is 4.98 Å². The fraction of sp³-hybridized carbons (Fsp3) is 0.333. The van der Waals surface area contributed by atoms with Gasteiger partial charge in [-0.2, -0.15) is 0 Å². The summed E-state index contributed by atoms with van der Waals surface area (Å²) < 4.78 is 22.4. The summed E-state index contributed by atoms with van der Waals surface area (Å²) in [6, 6.07) is 2.55. The van der Waals surface area contributed by atoms with Gasteiger partial charge in [-0.25, -0.2) is 18.5 Å². The summed E-state index contributed by atoms with van der Waals surface area (Å²) in [5, 5.41) is 14.8. The number of sulfonamides is 1. The highest BCUT2D eigenvalue weighted by atomic mass is 32.2. The van der Waals surface area contributed by atoms with Crippen LogP contribution in [0.5, 0.6) is 0 Å². The molecule has 1 atom stereocenters. The number of aromatic nitrogens is 1. The number of hydrogen-bond acceptors (Lipinski definition) is 6. The van der Waals surface area contributed by atoms with Crippen molar-refractivity contribution in [3.05, 3.63) is 28.4 Å². The first-order valence-electron chi connectivity index (χ1n) is 5.22. The van der Waals surface area contributed by atoms with Gasteiger partial charge in [0.25, 0.3) is 0 Å². The van der Waals surface area contributed by atoms with E-state index in [0.717, 1.165) is 4.90 Å². The maximum Gasteiger partial charge on any atom is 0.312 e. The standard InChI is InChI=1S/C9H10N4O5S/c10-19(17,18)6-4-8(14)12(5-6)9-7(13(15)16)2-1-3-11-9/h1-3,6H,4-5H2,(H2,10,17,18). The van der Waals surface area contributed by atoms with Crippen molar-refractivity contribution < 1.29 is 18.1 Å². The molecule has 0 radical (unpaired) electrons. The topological polar surface area (TPSA) is 136 Å². The van der Waals surface area contributed by atoms with E-state index in [4.69, 9.17) is 5.14 Å². The van der Waals surface area contributed by atoms with Gasteiger partial charge in [0.1, 0.15) is 5.25 Å². The van der Waals surface area contributed by atoms with Crippen molar-refractivity contribution in [2.75, 3.05) is 11.4 Å². The maximum absolute atomic E-state index is 11.7. The number of primary sulfonamides is 1. The van der Waals surface area contributed by atoms with E-state index in [1.807, 2.05) is 0 Å². The van der Waals surface area contributed by atoms with Crippen LogP contribution in [0.3, 0.4) is 0 Å². The molecule has 2 rings (SSSR count). The van der Waals surface area contributed by atoms with Gasteiger partial charge >= 0.3 is 5.69 Å². The monoisotopic (exact) mass is 286 g/mol. The smallest absolute Gasteiger partial charge is 0.290 e. The van der Waals surface area contributed by atoms with E-state index in [2.05, 4.69) is 4.98 Å². The molecule has 1 saturated heterocycles. The average molecular weight is 286 g/mol. The maximum atomic E-state index is 11.7. The first-order chi connectivity index (χ1) is 8.80. The second kappa shape index (κ2) is 4.55. The van der Waals surface area contributed by atoms with Crippen molar-refractivity contribution in [3.63, 3.8) is 0 Å². The Kier molecular flexibility index (Phi) is 3.20. The highest BCUT2D eigenvalue weighted by Gasteiger charge is 2.40. The number of hydrogen-bond donors (Lipinski definition) is 1. The minimum atomic E-state index is -3.87. The summed E-state index contributed by atoms with van der Waals surface area (Å²) in [7, 11) is -3.87. The molecule has 0 aromatic carbocycles. The third kappa shape index (κ3) is 2.53. The molecule has 102 valence electrons. The number of carbonyl (C=O) groups is 1. The molecule has 10 heteroatoms. The molecule has 0 spiro atoms. The van der Waals surface area contributed by atoms with E-state index < -0.39 is 26.1 Å². The van der Waals surface area contributed by atoms with E-state index >= 15 is 0 Å². The molecular formula is C9H10N4O5S. The molecule has 9 nitrogen and oxygen atoms in total. The molecule has 2 heterocycles. The van der Waals surface area contributed by atoms with Crippen LogP contribution in [0.15, 0.2) is 18.3 Å². The fourth-order valence-corrected chi connectivity index (χ4v) is 2.57. The number of pyridine rings is 1. The lowest BCUT2D eigenvalue weighted by Crippen LogP contribution is -2.32. The Morgan fingerprint density at radius 1 is 1.53 bits per heavy atom. The molecule has 0 saturated carbocycles. The largest absolute Gasteiger partial charge is 0.312 e. The SMILES string of the molecule is NS(=O)(=O)C1CC(=O)N(c2ncccc2[N+](=O)[O-])C1. The van der Waals surface area contributed by atoms with Gasteiger partial charge in [0.15, 0.2) is 0 Å². The number of amides is 1. The molecule has 0 aliphatic carbocycles. The summed E-state index contributed by atoms with van der Waals surface area (Å²) in [5.41, 5.74) is -0.356. The highest BCUT2D eigenvalue weighted by Crippen LogP contribution is 2.29. The van der Waals surface area contributed by atoms with Crippen LogP contribution in [-0.2, 0) is 14.8 Å². The van der Waals surface area contributed by atoms with Crippen LogP contribution in [-0.4, -0.2) is 36.0 Å². The molecule has 1 aromatic heterocycles. The Bertz CT molecular complexity index is 644. The molecule has 1 unspecified atom stereocenters. The zero-order valence-electron chi connectivity index (χ0n) is 9.59. The number of anilines is 1. The second-order valence-corrected chi connectivity index (χ2v) is 5.87. The zero-order valence-corrected chi connectivity index (χ0v) is 10.4. The summed E-state index contributed by atoms with van der Waals surface area (Å²) in [5.74, 6) is -0.718. The number of nitrogens with two attached hydrogens (primary N) is 1. The minimum Gasteiger partial charge on any atom is -0.290 e. The van der Waals surface area contributed by atoms with Gasteiger partial charge in [0.2, 0.25) is 21.7 Å². The van der Waals surface area contributed by atoms with Crippen molar-refractivity contribution in [2.24, 2.45) is 5.14 Å². The summed E-state index contributed by atoms with van der Waals surface area (Å²) in [6.45, 7) is -0.227. The summed E-state index contributed by atoms with van der Waals surface area (Å²) >= 11 is 0. The van der Waals surface area contributed by atoms with Crippen LogP contribution < -0.4 is 10.0 Å². The molecule has 19 heavy (non-hydrogen) atoms. The summed E-state index contributed by atoms with van der Waals surface area (Å²) in [6.07, 6.45) is 0.993. The third-order valence-corrected chi connectivity index (χ3v) is 4.02. The van der Waals surface area contributed by atoms with Crippen LogP contribution in [0, 0.1) is 10.1 Å². The Labute approximate surface area is 108 Å². The first-order valence-corrected chi connectivity index (χ1v) is 6.83. The van der Waals surface area contributed by atoms with Gasteiger partial charge in [0.05, 0.1) is 4.92 Å². The molecule has 1 aromatic rings. The minimum absolute atomic E-state index is 0.163. The number of nitrogens with zero attached hydrogens (tertiary/aromatic N) is 3.